The number of fused-ring (bicyclic) bond motifs is 1. The number of hydrogen-bond acceptors (Lipinski definition) is 6. The van der Waals surface area contributed by atoms with E-state index in [0.29, 0.717) is 22.9 Å². The van der Waals surface area contributed by atoms with Crippen molar-refractivity contribution in [3.05, 3.63) is 88.0 Å². The van der Waals surface area contributed by atoms with Crippen molar-refractivity contribution in [1.29, 1.82) is 0 Å². The summed E-state index contributed by atoms with van der Waals surface area (Å²) < 4.78 is 5.41. The van der Waals surface area contributed by atoms with Gasteiger partial charge in [0.05, 0.1) is 16.3 Å². The van der Waals surface area contributed by atoms with Gasteiger partial charge in [0.2, 0.25) is 0 Å². The van der Waals surface area contributed by atoms with Gasteiger partial charge in [-0.2, -0.15) is 0 Å². The van der Waals surface area contributed by atoms with Gasteiger partial charge in [-0.3, -0.25) is 4.98 Å². The van der Waals surface area contributed by atoms with Crippen LogP contribution in [0.2, 0.25) is 0 Å². The second-order valence-corrected chi connectivity index (χ2v) is 6.98. The minimum Gasteiger partial charge on any atom is -0.422 e. The number of pyridine rings is 1. The van der Waals surface area contributed by atoms with Gasteiger partial charge >= 0.3 is 5.63 Å². The van der Waals surface area contributed by atoms with Gasteiger partial charge < -0.3 is 14.4 Å². The third-order valence-electron chi connectivity index (χ3n) is 4.32. The highest BCUT2D eigenvalue weighted by molar-refractivity contribution is 8.03. The fraction of sp³-hybridized carbons (Fsp3) is 0.158. The number of aromatic nitrogens is 1. The van der Waals surface area contributed by atoms with Crippen LogP contribution in [0.4, 0.5) is 0 Å². The molecule has 0 bridgehead atoms. The smallest absolute Gasteiger partial charge is 0.344 e. The van der Waals surface area contributed by atoms with E-state index in [1.165, 1.54) is 11.8 Å². The maximum Gasteiger partial charge on any atom is 0.344 e. The minimum atomic E-state index is -1.47. The second-order valence-electron chi connectivity index (χ2n) is 5.93. The number of benzene rings is 1. The molecule has 1 saturated heterocycles. The first kappa shape index (κ1) is 15.9. The van der Waals surface area contributed by atoms with Crippen LogP contribution < -0.4 is 5.63 Å². The second kappa shape index (κ2) is 6.06. The highest BCUT2D eigenvalue weighted by atomic mass is 32.2. The summed E-state index contributed by atoms with van der Waals surface area (Å²) in [6.07, 6.45) is 3.43. The Labute approximate surface area is 148 Å². The molecule has 1 N–H and O–H groups in total. The lowest BCUT2D eigenvalue weighted by molar-refractivity contribution is -0.0703. The lowest BCUT2D eigenvalue weighted by Crippen LogP contribution is -2.44. The van der Waals surface area contributed by atoms with Crippen molar-refractivity contribution < 1.29 is 9.52 Å². The summed E-state index contributed by atoms with van der Waals surface area (Å²) in [5, 5.41) is 12.8. The third-order valence-corrected chi connectivity index (χ3v) is 5.42. The molecule has 0 spiro atoms. The maximum absolute atomic E-state index is 12.5. The van der Waals surface area contributed by atoms with Crippen LogP contribution >= 0.6 is 11.8 Å². The summed E-state index contributed by atoms with van der Waals surface area (Å²) in [5.41, 5.74) is -0.353. The Morgan fingerprint density at radius 2 is 2.16 bits per heavy atom. The topological polar surface area (TPSA) is 66.6 Å². The first-order chi connectivity index (χ1) is 12.1. The third kappa shape index (κ3) is 2.73. The Balaban J connectivity index is 1.80. The zero-order valence-corrected chi connectivity index (χ0v) is 14.2. The van der Waals surface area contributed by atoms with Gasteiger partial charge in [0, 0.05) is 24.3 Å². The summed E-state index contributed by atoms with van der Waals surface area (Å²) in [5.74, 6) is 0.315. The molecule has 1 aromatic carbocycles. The maximum atomic E-state index is 12.5. The van der Waals surface area contributed by atoms with Crippen LogP contribution in [0, 0.1) is 0 Å². The summed E-state index contributed by atoms with van der Waals surface area (Å²) in [6, 6.07) is 12.7. The van der Waals surface area contributed by atoms with Crippen molar-refractivity contribution in [2.24, 2.45) is 0 Å². The number of nitrogens with zero attached hydrogens (tertiary/aromatic N) is 2. The standard InChI is InChI=1S/C19H16N2O3S/c1-13-21(11-14-5-4-8-20-10-14)19(23,12-25-13)16-9-15-6-2-3-7-17(15)24-18(16)22/h2-10,23H,1,11-12H2. The Bertz CT molecular complexity index is 1000. The molecule has 0 aliphatic carbocycles. The average molecular weight is 352 g/mol. The van der Waals surface area contributed by atoms with E-state index in [2.05, 4.69) is 11.6 Å². The van der Waals surface area contributed by atoms with Crippen molar-refractivity contribution in [2.45, 2.75) is 12.3 Å². The van der Waals surface area contributed by atoms with Crippen LogP contribution in [0.25, 0.3) is 11.0 Å². The number of para-hydroxylation sites is 1. The summed E-state index contributed by atoms with van der Waals surface area (Å²) in [7, 11) is 0. The van der Waals surface area contributed by atoms with Crippen LogP contribution in [0.1, 0.15) is 11.1 Å². The first-order valence-corrected chi connectivity index (χ1v) is 8.80. The quantitative estimate of drug-likeness (QED) is 0.731. The molecular weight excluding hydrogens is 336 g/mol. The molecular formula is C19H16N2O3S. The molecule has 6 heteroatoms. The van der Waals surface area contributed by atoms with Gasteiger partial charge in [-0.15, -0.1) is 11.8 Å². The van der Waals surface area contributed by atoms with Crippen molar-refractivity contribution in [3.8, 4) is 0 Å². The lowest BCUT2D eigenvalue weighted by Gasteiger charge is -2.34. The molecule has 1 aliphatic heterocycles. The van der Waals surface area contributed by atoms with E-state index in [9.17, 15) is 9.90 Å². The molecule has 1 aliphatic rings. The van der Waals surface area contributed by atoms with Gasteiger partial charge in [-0.1, -0.05) is 30.8 Å². The highest BCUT2D eigenvalue weighted by Crippen LogP contribution is 2.43. The molecule has 0 radical (unpaired) electrons. The van der Waals surface area contributed by atoms with Gasteiger partial charge in [-0.05, 0) is 23.8 Å². The number of thioether (sulfide) groups is 1. The van der Waals surface area contributed by atoms with Crippen LogP contribution in [0.3, 0.4) is 0 Å². The normalized spacial score (nSPS) is 20.4. The van der Waals surface area contributed by atoms with Gasteiger partial charge in [0.1, 0.15) is 5.58 Å². The van der Waals surface area contributed by atoms with E-state index in [0.717, 1.165) is 10.9 Å². The monoisotopic (exact) mass is 352 g/mol. The van der Waals surface area contributed by atoms with E-state index in [1.54, 1.807) is 29.4 Å². The van der Waals surface area contributed by atoms with E-state index >= 15 is 0 Å². The van der Waals surface area contributed by atoms with Crippen molar-refractivity contribution in [2.75, 3.05) is 5.75 Å². The zero-order chi connectivity index (χ0) is 17.4. The van der Waals surface area contributed by atoms with Crippen LogP contribution in [-0.2, 0) is 12.3 Å². The molecule has 126 valence electrons. The molecule has 2 aromatic heterocycles. The van der Waals surface area contributed by atoms with Gasteiger partial charge in [0.15, 0.2) is 5.72 Å². The predicted molar refractivity (Wildman–Crippen MR) is 97.8 cm³/mol. The first-order valence-electron chi connectivity index (χ1n) is 7.82. The summed E-state index contributed by atoms with van der Waals surface area (Å²) in [4.78, 5) is 18.4. The molecule has 4 rings (SSSR count). The fourth-order valence-corrected chi connectivity index (χ4v) is 4.05. The minimum absolute atomic E-state index is 0.223. The van der Waals surface area contributed by atoms with Crippen molar-refractivity contribution >= 4 is 22.7 Å². The van der Waals surface area contributed by atoms with E-state index < -0.39 is 11.4 Å². The molecule has 1 unspecified atom stereocenters. The molecule has 0 amide bonds. The Morgan fingerprint density at radius 3 is 2.96 bits per heavy atom. The highest BCUT2D eigenvalue weighted by Gasteiger charge is 2.45. The van der Waals surface area contributed by atoms with E-state index in [1.807, 2.05) is 30.3 Å². The van der Waals surface area contributed by atoms with Crippen LogP contribution in [0.5, 0.6) is 0 Å². The summed E-state index contributed by atoms with van der Waals surface area (Å²) >= 11 is 1.42. The molecule has 3 heterocycles. The van der Waals surface area contributed by atoms with Crippen molar-refractivity contribution in [1.82, 2.24) is 9.88 Å². The molecule has 25 heavy (non-hydrogen) atoms. The molecule has 0 saturated carbocycles. The van der Waals surface area contributed by atoms with Gasteiger partial charge in [-0.25, -0.2) is 4.79 Å². The molecule has 3 aromatic rings. The summed E-state index contributed by atoms with van der Waals surface area (Å²) in [6.45, 7) is 4.43. The molecule has 5 nitrogen and oxygen atoms in total. The predicted octanol–water partition coefficient (Wildman–Crippen LogP) is 3.05. The van der Waals surface area contributed by atoms with E-state index in [4.69, 9.17) is 4.42 Å². The number of hydrogen-bond donors (Lipinski definition) is 1. The Kier molecular flexibility index (Phi) is 3.86. The average Bonchev–Trinajstić information content (AvgIpc) is 2.91. The number of rotatable bonds is 3. The SMILES string of the molecule is C=C1SCC(O)(c2cc3ccccc3oc2=O)N1Cc1cccnc1. The zero-order valence-electron chi connectivity index (χ0n) is 13.4. The van der Waals surface area contributed by atoms with E-state index in [-0.39, 0.29) is 5.56 Å². The largest absolute Gasteiger partial charge is 0.422 e. The number of aliphatic hydroxyl groups is 1. The van der Waals surface area contributed by atoms with Crippen LogP contribution in [-0.4, -0.2) is 20.7 Å². The van der Waals surface area contributed by atoms with Crippen LogP contribution in [0.15, 0.2) is 75.7 Å². The molecule has 1 fully saturated rings. The van der Waals surface area contributed by atoms with Crippen molar-refractivity contribution in [3.63, 3.8) is 0 Å². The Morgan fingerprint density at radius 1 is 1.32 bits per heavy atom. The lowest BCUT2D eigenvalue weighted by atomic mass is 10.0. The molecule has 1 atom stereocenters. The fourth-order valence-electron chi connectivity index (χ4n) is 3.00. The Hall–Kier alpha value is -2.57. The van der Waals surface area contributed by atoms with Gasteiger partial charge in [0.25, 0.3) is 0 Å².